The molecule has 1 aromatic heterocycles. The van der Waals surface area contributed by atoms with Crippen molar-refractivity contribution in [1.82, 2.24) is 4.98 Å². The van der Waals surface area contributed by atoms with Crippen LogP contribution in [-0.4, -0.2) is 10.8 Å². The van der Waals surface area contributed by atoms with Gasteiger partial charge in [0.05, 0.1) is 0 Å². The van der Waals surface area contributed by atoms with Gasteiger partial charge in [-0.3, -0.25) is 10.4 Å². The smallest absolute Gasteiger partial charge is 0.142 e. The molecule has 4 heteroatoms. The Kier molecular flexibility index (Phi) is 4.03. The first-order chi connectivity index (χ1) is 9.49. The van der Waals surface area contributed by atoms with E-state index in [1.165, 1.54) is 5.56 Å². The van der Waals surface area contributed by atoms with Crippen LogP contribution in [0.5, 0.6) is 5.75 Å². The molecule has 0 amide bonds. The number of hydrogen-bond acceptors (Lipinski definition) is 3. The standard InChI is InChI=1S/C16H19N3O/c1-10-7-11(2)15(12(3)8-10)20-9-13-5-4-6-19-14(13)16(17)18/h4-8H,9H2,1-3H3,(H3,17,18). The summed E-state index contributed by atoms with van der Waals surface area (Å²) < 4.78 is 5.91. The average molecular weight is 269 g/mol. The number of pyridine rings is 1. The van der Waals surface area contributed by atoms with Gasteiger partial charge in [-0.2, -0.15) is 0 Å². The molecule has 0 saturated heterocycles. The fourth-order valence-corrected chi connectivity index (χ4v) is 2.34. The Balaban J connectivity index is 2.24. The van der Waals surface area contributed by atoms with Gasteiger partial charge in [0.25, 0.3) is 0 Å². The fourth-order valence-electron chi connectivity index (χ4n) is 2.34. The first-order valence-corrected chi connectivity index (χ1v) is 6.48. The largest absolute Gasteiger partial charge is 0.488 e. The molecule has 4 nitrogen and oxygen atoms in total. The monoisotopic (exact) mass is 269 g/mol. The summed E-state index contributed by atoms with van der Waals surface area (Å²) in [5.41, 5.74) is 10.3. The van der Waals surface area contributed by atoms with E-state index in [0.717, 1.165) is 22.4 Å². The molecule has 1 aromatic carbocycles. The van der Waals surface area contributed by atoms with Crippen LogP contribution < -0.4 is 10.5 Å². The number of hydrogen-bond donors (Lipinski definition) is 2. The lowest BCUT2D eigenvalue weighted by Gasteiger charge is -2.14. The van der Waals surface area contributed by atoms with Crippen LogP contribution in [0, 0.1) is 26.2 Å². The van der Waals surface area contributed by atoms with Gasteiger partial charge in [-0.05, 0) is 38.0 Å². The van der Waals surface area contributed by atoms with Crippen LogP contribution in [0.2, 0.25) is 0 Å². The second kappa shape index (κ2) is 5.74. The Morgan fingerprint density at radius 3 is 2.50 bits per heavy atom. The van der Waals surface area contributed by atoms with Gasteiger partial charge in [0.1, 0.15) is 23.9 Å². The molecule has 0 aliphatic carbocycles. The highest BCUT2D eigenvalue weighted by Gasteiger charge is 2.09. The molecule has 0 fully saturated rings. The van der Waals surface area contributed by atoms with E-state index in [2.05, 4.69) is 24.0 Å². The van der Waals surface area contributed by atoms with Crippen molar-refractivity contribution < 1.29 is 4.74 Å². The van der Waals surface area contributed by atoms with Crippen LogP contribution in [-0.2, 0) is 6.61 Å². The lowest BCUT2D eigenvalue weighted by Crippen LogP contribution is -2.16. The summed E-state index contributed by atoms with van der Waals surface area (Å²) in [7, 11) is 0. The molecule has 20 heavy (non-hydrogen) atoms. The van der Waals surface area contributed by atoms with Crippen LogP contribution in [0.4, 0.5) is 0 Å². The van der Waals surface area contributed by atoms with E-state index < -0.39 is 0 Å². The second-order valence-electron chi connectivity index (χ2n) is 4.94. The SMILES string of the molecule is Cc1cc(C)c(OCc2cccnc2C(=N)N)c(C)c1. The van der Waals surface area contributed by atoms with E-state index in [9.17, 15) is 0 Å². The van der Waals surface area contributed by atoms with E-state index in [-0.39, 0.29) is 5.84 Å². The van der Waals surface area contributed by atoms with Crippen molar-refractivity contribution >= 4 is 5.84 Å². The number of rotatable bonds is 4. The number of nitrogens with one attached hydrogen (secondary N) is 1. The van der Waals surface area contributed by atoms with Crippen molar-refractivity contribution in [2.24, 2.45) is 5.73 Å². The van der Waals surface area contributed by atoms with Gasteiger partial charge < -0.3 is 10.5 Å². The topological polar surface area (TPSA) is 72.0 Å². The van der Waals surface area contributed by atoms with Gasteiger partial charge in [-0.25, -0.2) is 0 Å². The van der Waals surface area contributed by atoms with Gasteiger partial charge in [0.15, 0.2) is 0 Å². The summed E-state index contributed by atoms with van der Waals surface area (Å²) in [5, 5.41) is 7.53. The van der Waals surface area contributed by atoms with Crippen molar-refractivity contribution in [2.75, 3.05) is 0 Å². The molecule has 104 valence electrons. The zero-order chi connectivity index (χ0) is 14.7. The van der Waals surface area contributed by atoms with Crippen LogP contribution in [0.1, 0.15) is 27.9 Å². The number of benzene rings is 1. The number of amidine groups is 1. The van der Waals surface area contributed by atoms with Crippen molar-refractivity contribution in [3.63, 3.8) is 0 Å². The fraction of sp³-hybridized carbons (Fsp3) is 0.250. The molecule has 0 bridgehead atoms. The predicted octanol–water partition coefficient (Wildman–Crippen LogP) is 2.87. The summed E-state index contributed by atoms with van der Waals surface area (Å²) in [6.45, 7) is 6.49. The van der Waals surface area contributed by atoms with Gasteiger partial charge in [-0.15, -0.1) is 0 Å². The quantitative estimate of drug-likeness (QED) is 0.662. The van der Waals surface area contributed by atoms with E-state index in [4.69, 9.17) is 15.9 Å². The number of nitrogen functional groups attached to an aromatic ring is 1. The molecule has 0 radical (unpaired) electrons. The minimum atomic E-state index is -0.0402. The normalized spacial score (nSPS) is 10.3. The molecule has 0 aliphatic heterocycles. The molecule has 2 aromatic rings. The number of aryl methyl sites for hydroxylation is 3. The highest BCUT2D eigenvalue weighted by molar-refractivity contribution is 5.94. The highest BCUT2D eigenvalue weighted by atomic mass is 16.5. The first kappa shape index (κ1) is 14.1. The Morgan fingerprint density at radius 2 is 1.90 bits per heavy atom. The Morgan fingerprint density at radius 1 is 1.25 bits per heavy atom. The highest BCUT2D eigenvalue weighted by Crippen LogP contribution is 2.25. The molecule has 0 saturated carbocycles. The molecule has 0 unspecified atom stereocenters. The summed E-state index contributed by atoms with van der Waals surface area (Å²) in [5.74, 6) is 0.843. The van der Waals surface area contributed by atoms with Crippen LogP contribution in [0.3, 0.4) is 0 Å². The zero-order valence-electron chi connectivity index (χ0n) is 12.0. The molecule has 1 heterocycles. The van der Waals surface area contributed by atoms with Crippen LogP contribution in [0.25, 0.3) is 0 Å². The van der Waals surface area contributed by atoms with Crippen LogP contribution >= 0.6 is 0 Å². The number of ether oxygens (including phenoxy) is 1. The number of aromatic nitrogens is 1. The van der Waals surface area contributed by atoms with Gasteiger partial charge in [0.2, 0.25) is 0 Å². The summed E-state index contributed by atoms with van der Waals surface area (Å²) in [6.07, 6.45) is 1.63. The van der Waals surface area contributed by atoms with E-state index in [0.29, 0.717) is 12.3 Å². The molecule has 0 aliphatic rings. The summed E-state index contributed by atoms with van der Waals surface area (Å²) in [6, 6.07) is 7.89. The van der Waals surface area contributed by atoms with Crippen molar-refractivity contribution in [1.29, 1.82) is 5.41 Å². The third-order valence-corrected chi connectivity index (χ3v) is 3.12. The van der Waals surface area contributed by atoms with E-state index in [1.807, 2.05) is 26.0 Å². The Bertz CT molecular complexity index is 627. The van der Waals surface area contributed by atoms with Gasteiger partial charge in [-0.1, -0.05) is 23.8 Å². The second-order valence-corrected chi connectivity index (χ2v) is 4.94. The minimum absolute atomic E-state index is 0.0402. The van der Waals surface area contributed by atoms with Gasteiger partial charge >= 0.3 is 0 Å². The molecule has 0 atom stereocenters. The van der Waals surface area contributed by atoms with E-state index in [1.54, 1.807) is 6.20 Å². The van der Waals surface area contributed by atoms with E-state index >= 15 is 0 Å². The summed E-state index contributed by atoms with van der Waals surface area (Å²) >= 11 is 0. The maximum atomic E-state index is 7.53. The number of nitrogens with two attached hydrogens (primary N) is 1. The first-order valence-electron chi connectivity index (χ1n) is 6.48. The van der Waals surface area contributed by atoms with Crippen molar-refractivity contribution in [3.8, 4) is 5.75 Å². The third kappa shape index (κ3) is 2.96. The lowest BCUT2D eigenvalue weighted by molar-refractivity contribution is 0.301. The Hall–Kier alpha value is -2.36. The maximum Gasteiger partial charge on any atom is 0.142 e. The average Bonchev–Trinajstić information content (AvgIpc) is 2.37. The van der Waals surface area contributed by atoms with Crippen LogP contribution in [0.15, 0.2) is 30.5 Å². The lowest BCUT2D eigenvalue weighted by atomic mass is 10.1. The third-order valence-electron chi connectivity index (χ3n) is 3.12. The van der Waals surface area contributed by atoms with Crippen molar-refractivity contribution in [3.05, 3.63) is 58.4 Å². The molecular formula is C16H19N3O. The van der Waals surface area contributed by atoms with Gasteiger partial charge in [0, 0.05) is 11.8 Å². The Labute approximate surface area is 119 Å². The van der Waals surface area contributed by atoms with Crippen molar-refractivity contribution in [2.45, 2.75) is 27.4 Å². The zero-order valence-corrected chi connectivity index (χ0v) is 12.0. The predicted molar refractivity (Wildman–Crippen MR) is 80.2 cm³/mol. The molecule has 0 spiro atoms. The molecule has 3 N–H and O–H groups in total. The number of nitrogens with zero attached hydrogens (tertiary/aromatic N) is 1. The molecule has 2 rings (SSSR count). The minimum Gasteiger partial charge on any atom is -0.488 e. The summed E-state index contributed by atoms with van der Waals surface area (Å²) in [4.78, 5) is 4.12. The maximum absolute atomic E-state index is 7.53. The molecular weight excluding hydrogens is 250 g/mol.